The maximum Gasteiger partial charge on any atom is 0.305 e. The lowest BCUT2D eigenvalue weighted by molar-refractivity contribution is -0.139. The molecule has 0 spiro atoms. The molecule has 0 aromatic heterocycles. The van der Waals surface area contributed by atoms with Crippen LogP contribution in [-0.2, 0) is 4.79 Å². The molecule has 0 unspecified atom stereocenters. The van der Waals surface area contributed by atoms with Gasteiger partial charge in [-0.1, -0.05) is 11.6 Å². The second-order valence-corrected chi connectivity index (χ2v) is 5.98. The van der Waals surface area contributed by atoms with E-state index in [2.05, 4.69) is 5.32 Å². The van der Waals surface area contributed by atoms with Crippen LogP contribution in [0.3, 0.4) is 0 Å². The normalized spacial score (nSPS) is 16.4. The number of hydrogen-bond donors (Lipinski definition) is 2. The van der Waals surface area contributed by atoms with E-state index in [9.17, 15) is 9.59 Å². The smallest absolute Gasteiger partial charge is 0.305 e. The molecule has 4 nitrogen and oxygen atoms in total. The lowest BCUT2D eigenvalue weighted by Gasteiger charge is -2.41. The molecule has 108 valence electrons. The number of aryl methyl sites for hydroxylation is 2. The molecule has 0 saturated heterocycles. The summed E-state index contributed by atoms with van der Waals surface area (Å²) in [6.45, 7) is 3.85. The van der Waals surface area contributed by atoms with Gasteiger partial charge >= 0.3 is 5.97 Å². The van der Waals surface area contributed by atoms with Crippen LogP contribution in [0.25, 0.3) is 0 Å². The highest BCUT2D eigenvalue weighted by atomic mass is 35.5. The molecule has 0 heterocycles. The molecule has 0 atom stereocenters. The van der Waals surface area contributed by atoms with Crippen LogP contribution in [0.4, 0.5) is 0 Å². The number of aliphatic carboxylic acids is 1. The zero-order valence-electron chi connectivity index (χ0n) is 11.6. The second-order valence-electron chi connectivity index (χ2n) is 5.57. The third kappa shape index (κ3) is 2.96. The first kappa shape index (κ1) is 14.9. The number of halogens is 1. The first-order chi connectivity index (χ1) is 9.33. The van der Waals surface area contributed by atoms with E-state index < -0.39 is 11.5 Å². The van der Waals surface area contributed by atoms with Gasteiger partial charge in [0.2, 0.25) is 0 Å². The van der Waals surface area contributed by atoms with Gasteiger partial charge in [-0.05, 0) is 56.4 Å². The molecule has 2 N–H and O–H groups in total. The van der Waals surface area contributed by atoms with Crippen LogP contribution < -0.4 is 5.32 Å². The van der Waals surface area contributed by atoms with E-state index in [1.54, 1.807) is 12.1 Å². The number of carboxylic acids is 1. The molecule has 1 fully saturated rings. The van der Waals surface area contributed by atoms with Gasteiger partial charge in [-0.3, -0.25) is 9.59 Å². The largest absolute Gasteiger partial charge is 0.481 e. The van der Waals surface area contributed by atoms with Gasteiger partial charge in [-0.15, -0.1) is 0 Å². The summed E-state index contributed by atoms with van der Waals surface area (Å²) in [4.78, 5) is 23.2. The summed E-state index contributed by atoms with van der Waals surface area (Å²) in [5.41, 5.74) is 1.81. The number of rotatable bonds is 4. The van der Waals surface area contributed by atoms with Gasteiger partial charge in [-0.2, -0.15) is 0 Å². The van der Waals surface area contributed by atoms with E-state index in [4.69, 9.17) is 16.7 Å². The summed E-state index contributed by atoms with van der Waals surface area (Å²) in [7, 11) is 0. The molecule has 1 aliphatic carbocycles. The van der Waals surface area contributed by atoms with Crippen LogP contribution in [0.2, 0.25) is 5.02 Å². The van der Waals surface area contributed by atoms with E-state index in [-0.39, 0.29) is 12.3 Å². The van der Waals surface area contributed by atoms with Crippen molar-refractivity contribution >= 4 is 23.5 Å². The van der Waals surface area contributed by atoms with Crippen molar-refractivity contribution in [3.8, 4) is 0 Å². The third-order valence-electron chi connectivity index (χ3n) is 4.01. The number of nitrogens with one attached hydrogen (secondary N) is 1. The lowest BCUT2D eigenvalue weighted by Crippen LogP contribution is -2.54. The molecule has 1 aromatic rings. The summed E-state index contributed by atoms with van der Waals surface area (Å²) in [6, 6.07) is 3.51. The number of benzene rings is 1. The van der Waals surface area contributed by atoms with Crippen molar-refractivity contribution in [1.29, 1.82) is 0 Å². The highest BCUT2D eigenvalue weighted by molar-refractivity contribution is 6.34. The van der Waals surface area contributed by atoms with E-state index in [1.165, 1.54) is 0 Å². The molecule has 5 heteroatoms. The molecular weight excluding hydrogens is 278 g/mol. The molecule has 2 rings (SSSR count). The Labute approximate surface area is 123 Å². The van der Waals surface area contributed by atoms with Crippen molar-refractivity contribution in [3.05, 3.63) is 33.8 Å². The van der Waals surface area contributed by atoms with Crippen molar-refractivity contribution in [3.63, 3.8) is 0 Å². The Kier molecular flexibility index (Phi) is 4.04. The van der Waals surface area contributed by atoms with Crippen molar-refractivity contribution < 1.29 is 14.7 Å². The van der Waals surface area contributed by atoms with E-state index in [0.717, 1.165) is 17.5 Å². The summed E-state index contributed by atoms with van der Waals surface area (Å²) in [5.74, 6) is -1.18. The number of amides is 1. The van der Waals surface area contributed by atoms with Crippen LogP contribution in [0.15, 0.2) is 12.1 Å². The lowest BCUT2D eigenvalue weighted by atomic mass is 9.74. The van der Waals surface area contributed by atoms with Gasteiger partial charge in [0.1, 0.15) is 0 Å². The van der Waals surface area contributed by atoms with Gasteiger partial charge in [0.15, 0.2) is 0 Å². The molecule has 1 aromatic carbocycles. The Bertz CT molecular complexity index is 564. The van der Waals surface area contributed by atoms with Crippen LogP contribution in [0, 0.1) is 13.8 Å². The average Bonchev–Trinajstić information content (AvgIpc) is 2.30. The summed E-state index contributed by atoms with van der Waals surface area (Å²) >= 11 is 6.11. The van der Waals surface area contributed by atoms with Gasteiger partial charge < -0.3 is 10.4 Å². The summed E-state index contributed by atoms with van der Waals surface area (Å²) in [5, 5.41) is 12.2. The number of carboxylic acid groups (broad SMARTS) is 1. The molecular formula is C15H18ClNO3. The van der Waals surface area contributed by atoms with Gasteiger partial charge in [0.05, 0.1) is 22.5 Å². The van der Waals surface area contributed by atoms with Crippen LogP contribution in [-0.4, -0.2) is 22.5 Å². The molecule has 1 saturated carbocycles. The van der Waals surface area contributed by atoms with Gasteiger partial charge in [0.25, 0.3) is 5.91 Å². The SMILES string of the molecule is Cc1cc(Cl)c(C(=O)NC2(CC(=O)O)CCC2)cc1C. The number of hydrogen-bond acceptors (Lipinski definition) is 2. The van der Waals surface area contributed by atoms with Gasteiger partial charge in [0, 0.05) is 0 Å². The van der Waals surface area contributed by atoms with Crippen molar-refractivity contribution in [2.45, 2.75) is 45.1 Å². The predicted octanol–water partition coefficient (Wildman–Crippen LogP) is 3.08. The standard InChI is InChI=1S/C15H18ClNO3/c1-9-6-11(12(16)7-10(9)2)14(20)17-15(4-3-5-15)8-13(18)19/h6-7H,3-5,8H2,1-2H3,(H,17,20)(H,18,19). The van der Waals surface area contributed by atoms with Crippen LogP contribution in [0.1, 0.15) is 47.2 Å². The fourth-order valence-corrected chi connectivity index (χ4v) is 2.81. The van der Waals surface area contributed by atoms with E-state index in [1.807, 2.05) is 13.8 Å². The third-order valence-corrected chi connectivity index (χ3v) is 4.32. The fraction of sp³-hybridized carbons (Fsp3) is 0.467. The second kappa shape index (κ2) is 5.44. The average molecular weight is 296 g/mol. The number of carbonyl (C=O) groups excluding carboxylic acids is 1. The highest BCUT2D eigenvalue weighted by Gasteiger charge is 2.40. The Balaban J connectivity index is 2.20. The first-order valence-electron chi connectivity index (χ1n) is 6.64. The van der Waals surface area contributed by atoms with Crippen molar-refractivity contribution in [1.82, 2.24) is 5.32 Å². The Morgan fingerprint density at radius 3 is 2.40 bits per heavy atom. The molecule has 1 amide bonds. The zero-order chi connectivity index (χ0) is 14.9. The summed E-state index contributed by atoms with van der Waals surface area (Å²) < 4.78 is 0. The quantitative estimate of drug-likeness (QED) is 0.897. The predicted molar refractivity (Wildman–Crippen MR) is 77.2 cm³/mol. The Morgan fingerprint density at radius 2 is 1.90 bits per heavy atom. The molecule has 0 aliphatic heterocycles. The van der Waals surface area contributed by atoms with E-state index >= 15 is 0 Å². The Hall–Kier alpha value is -1.55. The topological polar surface area (TPSA) is 66.4 Å². The molecule has 0 bridgehead atoms. The Morgan fingerprint density at radius 1 is 1.30 bits per heavy atom. The number of carbonyl (C=O) groups is 2. The zero-order valence-corrected chi connectivity index (χ0v) is 12.4. The minimum absolute atomic E-state index is 0.0405. The fourth-order valence-electron chi connectivity index (χ4n) is 2.50. The van der Waals surface area contributed by atoms with E-state index in [0.29, 0.717) is 23.4 Å². The molecule has 0 radical (unpaired) electrons. The molecule has 20 heavy (non-hydrogen) atoms. The maximum atomic E-state index is 12.3. The van der Waals surface area contributed by atoms with Crippen LogP contribution in [0.5, 0.6) is 0 Å². The maximum absolute atomic E-state index is 12.3. The highest BCUT2D eigenvalue weighted by Crippen LogP contribution is 2.35. The molecule has 1 aliphatic rings. The van der Waals surface area contributed by atoms with Crippen molar-refractivity contribution in [2.24, 2.45) is 0 Å². The van der Waals surface area contributed by atoms with Crippen molar-refractivity contribution in [2.75, 3.05) is 0 Å². The monoisotopic (exact) mass is 295 g/mol. The van der Waals surface area contributed by atoms with Crippen LogP contribution >= 0.6 is 11.6 Å². The summed E-state index contributed by atoms with van der Waals surface area (Å²) in [6.07, 6.45) is 2.30. The minimum Gasteiger partial charge on any atom is -0.481 e. The first-order valence-corrected chi connectivity index (χ1v) is 7.02. The minimum atomic E-state index is -0.892. The van der Waals surface area contributed by atoms with Gasteiger partial charge in [-0.25, -0.2) is 0 Å².